The predicted octanol–water partition coefficient (Wildman–Crippen LogP) is 2.62. The summed E-state index contributed by atoms with van der Waals surface area (Å²) >= 11 is 0. The van der Waals surface area contributed by atoms with Gasteiger partial charge in [-0.25, -0.2) is 0 Å². The van der Waals surface area contributed by atoms with Gasteiger partial charge in [0, 0.05) is 19.3 Å². The van der Waals surface area contributed by atoms with Crippen molar-refractivity contribution in [2.45, 2.75) is 31.0 Å². The second-order valence-electron chi connectivity index (χ2n) is 6.75. The maximum Gasteiger partial charge on any atom is 0.292 e. The van der Waals surface area contributed by atoms with Crippen LogP contribution in [0.25, 0.3) is 16.7 Å². The highest BCUT2D eigenvalue weighted by molar-refractivity contribution is 5.84. The molecule has 0 saturated carbocycles. The predicted molar refractivity (Wildman–Crippen MR) is 97.3 cm³/mol. The van der Waals surface area contributed by atoms with Gasteiger partial charge in [-0.3, -0.25) is 4.99 Å². The fourth-order valence-electron chi connectivity index (χ4n) is 3.92. The van der Waals surface area contributed by atoms with Gasteiger partial charge < -0.3 is 19.8 Å². The molecule has 1 saturated heterocycles. The van der Waals surface area contributed by atoms with Crippen LogP contribution in [-0.4, -0.2) is 47.6 Å². The zero-order valence-electron chi connectivity index (χ0n) is 13.8. The number of rotatable bonds is 2. The molecular weight excluding hydrogens is 316 g/mol. The van der Waals surface area contributed by atoms with E-state index in [1.54, 1.807) is 0 Å². The minimum Gasteiger partial charge on any atom is -0.424 e. The number of nitrogens with two attached hydrogens (primary N) is 1. The van der Waals surface area contributed by atoms with Crippen LogP contribution in [0.3, 0.4) is 0 Å². The van der Waals surface area contributed by atoms with Crippen molar-refractivity contribution in [3.05, 3.63) is 42.0 Å². The first kappa shape index (κ1) is 14.7. The Morgan fingerprint density at radius 3 is 2.96 bits per heavy atom. The summed E-state index contributed by atoms with van der Waals surface area (Å²) in [6, 6.07) is 7.21. The number of hydrogen-bond donors (Lipinski definition) is 1. The van der Waals surface area contributed by atoms with E-state index < -0.39 is 0 Å². The normalized spacial score (nSPS) is 26.2. The molecule has 25 heavy (non-hydrogen) atoms. The number of fused-ring (bicyclic) bond motifs is 2. The van der Waals surface area contributed by atoms with Crippen molar-refractivity contribution < 1.29 is 9.15 Å². The van der Waals surface area contributed by atoms with Crippen molar-refractivity contribution in [3.63, 3.8) is 0 Å². The van der Waals surface area contributed by atoms with E-state index in [1.807, 2.05) is 18.5 Å². The molecule has 1 aliphatic carbocycles. The molecule has 6 nitrogen and oxygen atoms in total. The Labute approximate surface area is 145 Å². The first-order valence-electron chi connectivity index (χ1n) is 8.73. The Bertz CT molecular complexity index is 892. The van der Waals surface area contributed by atoms with Crippen molar-refractivity contribution in [1.82, 2.24) is 9.88 Å². The minimum absolute atomic E-state index is 0.204. The van der Waals surface area contributed by atoms with Crippen molar-refractivity contribution in [1.29, 1.82) is 0 Å². The number of hydrogen-bond acceptors (Lipinski definition) is 6. The monoisotopic (exact) mass is 336 g/mol. The van der Waals surface area contributed by atoms with E-state index in [0.717, 1.165) is 37.1 Å². The number of allylic oxidation sites excluding steroid dienone is 2. The lowest BCUT2D eigenvalue weighted by molar-refractivity contribution is 0.0526. The van der Waals surface area contributed by atoms with Crippen molar-refractivity contribution in [2.24, 2.45) is 4.99 Å². The molecule has 1 aromatic carbocycles. The van der Waals surface area contributed by atoms with Crippen LogP contribution in [0.4, 0.5) is 6.01 Å². The van der Waals surface area contributed by atoms with Crippen LogP contribution in [0.2, 0.25) is 0 Å². The molecule has 0 radical (unpaired) electrons. The van der Waals surface area contributed by atoms with Crippen LogP contribution >= 0.6 is 0 Å². The number of oxazole rings is 1. The van der Waals surface area contributed by atoms with Crippen LogP contribution in [-0.2, 0) is 4.74 Å². The molecule has 1 aromatic heterocycles. The number of nitrogen functional groups attached to an aromatic ring is 1. The summed E-state index contributed by atoms with van der Waals surface area (Å²) in [7, 11) is 0. The average molecular weight is 336 g/mol. The molecule has 2 atom stereocenters. The summed E-state index contributed by atoms with van der Waals surface area (Å²) in [6.45, 7) is 1.67. The molecule has 3 heterocycles. The Balaban J connectivity index is 1.46. The first-order valence-corrected chi connectivity index (χ1v) is 8.73. The van der Waals surface area contributed by atoms with E-state index in [0.29, 0.717) is 11.6 Å². The SMILES string of the molecule is Nc1nc2cc(C3=CC4C(C=C3)N=CN4C3CCOCC3)ccc2o1. The lowest BCUT2D eigenvalue weighted by Gasteiger charge is -2.36. The smallest absolute Gasteiger partial charge is 0.292 e. The molecule has 3 aliphatic rings. The molecule has 5 rings (SSSR count). The van der Waals surface area contributed by atoms with Gasteiger partial charge in [-0.1, -0.05) is 24.3 Å². The van der Waals surface area contributed by atoms with Crippen molar-refractivity contribution >= 4 is 29.0 Å². The van der Waals surface area contributed by atoms with Gasteiger partial charge in [-0.05, 0) is 36.1 Å². The number of ether oxygens (including phenoxy) is 1. The number of anilines is 1. The van der Waals surface area contributed by atoms with Crippen LogP contribution in [0.5, 0.6) is 0 Å². The second kappa shape index (κ2) is 5.74. The number of aliphatic imine (C=N–C) groups is 1. The largest absolute Gasteiger partial charge is 0.424 e. The molecule has 2 N–H and O–H groups in total. The fraction of sp³-hybridized carbons (Fsp3) is 0.368. The topological polar surface area (TPSA) is 76.9 Å². The third kappa shape index (κ3) is 2.53. The third-order valence-corrected chi connectivity index (χ3v) is 5.24. The molecule has 6 heteroatoms. The van der Waals surface area contributed by atoms with Gasteiger partial charge in [0.2, 0.25) is 0 Å². The van der Waals surface area contributed by atoms with Gasteiger partial charge in [-0.2, -0.15) is 4.98 Å². The van der Waals surface area contributed by atoms with Gasteiger partial charge in [0.15, 0.2) is 5.58 Å². The zero-order chi connectivity index (χ0) is 16.8. The molecule has 0 spiro atoms. The van der Waals surface area contributed by atoms with Crippen LogP contribution in [0, 0.1) is 0 Å². The summed E-state index contributed by atoms with van der Waals surface area (Å²) < 4.78 is 10.9. The van der Waals surface area contributed by atoms with E-state index in [4.69, 9.17) is 14.9 Å². The van der Waals surface area contributed by atoms with Gasteiger partial charge in [-0.15, -0.1) is 0 Å². The van der Waals surface area contributed by atoms with E-state index in [2.05, 4.69) is 39.2 Å². The highest BCUT2D eigenvalue weighted by Crippen LogP contribution is 2.32. The maximum atomic E-state index is 5.65. The quantitative estimate of drug-likeness (QED) is 0.912. The van der Waals surface area contributed by atoms with E-state index >= 15 is 0 Å². The lowest BCUT2D eigenvalue weighted by atomic mass is 9.92. The standard InChI is InChI=1S/C19H20N4O2/c20-19-22-16-9-12(2-4-18(16)25-19)13-1-3-15-17(10-13)23(11-21-15)14-5-7-24-8-6-14/h1-4,9-11,14-15,17H,5-8H2,(H2,20,22). The molecule has 128 valence electrons. The molecule has 0 amide bonds. The average Bonchev–Trinajstić information content (AvgIpc) is 3.23. The van der Waals surface area contributed by atoms with Crippen LogP contribution < -0.4 is 5.73 Å². The molecular formula is C19H20N4O2. The molecule has 2 unspecified atom stereocenters. The summed E-state index contributed by atoms with van der Waals surface area (Å²) in [4.78, 5) is 11.3. The lowest BCUT2D eigenvalue weighted by Crippen LogP contribution is -2.45. The van der Waals surface area contributed by atoms with E-state index in [1.165, 1.54) is 5.57 Å². The molecule has 2 aliphatic heterocycles. The second-order valence-corrected chi connectivity index (χ2v) is 6.75. The summed E-state index contributed by atoms with van der Waals surface area (Å²) in [5.41, 5.74) is 9.46. The van der Waals surface area contributed by atoms with Crippen molar-refractivity contribution in [3.8, 4) is 0 Å². The maximum absolute atomic E-state index is 5.65. The Morgan fingerprint density at radius 1 is 1.20 bits per heavy atom. The Morgan fingerprint density at radius 2 is 2.08 bits per heavy atom. The Hall–Kier alpha value is -2.60. The highest BCUT2D eigenvalue weighted by atomic mass is 16.5. The number of nitrogens with zero attached hydrogens (tertiary/aromatic N) is 3. The molecule has 0 bridgehead atoms. The van der Waals surface area contributed by atoms with Gasteiger partial charge in [0.1, 0.15) is 5.52 Å². The number of aromatic nitrogens is 1. The summed E-state index contributed by atoms with van der Waals surface area (Å²) in [5.74, 6) is 0. The van der Waals surface area contributed by atoms with Gasteiger partial charge in [0.05, 0.1) is 18.4 Å². The summed E-state index contributed by atoms with van der Waals surface area (Å²) in [5, 5.41) is 0. The molecule has 1 fully saturated rings. The minimum atomic E-state index is 0.204. The molecule has 2 aromatic rings. The fourth-order valence-corrected chi connectivity index (χ4v) is 3.92. The Kier molecular flexibility index (Phi) is 3.38. The van der Waals surface area contributed by atoms with Crippen molar-refractivity contribution in [2.75, 3.05) is 18.9 Å². The number of benzene rings is 1. The first-order chi connectivity index (χ1) is 12.3. The summed E-state index contributed by atoms with van der Waals surface area (Å²) in [6.07, 6.45) is 10.8. The zero-order valence-corrected chi connectivity index (χ0v) is 13.8. The third-order valence-electron chi connectivity index (χ3n) is 5.24. The van der Waals surface area contributed by atoms with Gasteiger partial charge >= 0.3 is 0 Å². The van der Waals surface area contributed by atoms with E-state index in [9.17, 15) is 0 Å². The van der Waals surface area contributed by atoms with Crippen LogP contribution in [0.1, 0.15) is 18.4 Å². The van der Waals surface area contributed by atoms with Gasteiger partial charge in [0.25, 0.3) is 6.01 Å². The van der Waals surface area contributed by atoms with E-state index in [-0.39, 0.29) is 18.1 Å². The van der Waals surface area contributed by atoms with Crippen LogP contribution in [0.15, 0.2) is 45.8 Å². The highest BCUT2D eigenvalue weighted by Gasteiger charge is 2.34.